The monoisotopic (exact) mass is 274 g/mol. The smallest absolute Gasteiger partial charge is 0.0739 e. The Bertz CT molecular complexity index is 334. The first-order chi connectivity index (χ1) is 8.52. The Morgan fingerprint density at radius 2 is 1.33 bits per heavy atom. The van der Waals surface area contributed by atoms with Gasteiger partial charge in [-0.25, -0.2) is 0 Å². The van der Waals surface area contributed by atoms with Gasteiger partial charge in [-0.3, -0.25) is 0 Å². The second-order valence-electron chi connectivity index (χ2n) is 3.95. The summed E-state index contributed by atoms with van der Waals surface area (Å²) in [6.45, 7) is 2.19. The summed E-state index contributed by atoms with van der Waals surface area (Å²) >= 11 is 0. The van der Waals surface area contributed by atoms with E-state index < -0.39 is 7.60 Å². The molecular weight excluding hydrogens is 251 g/mol. The zero-order chi connectivity index (χ0) is 13.9. The van der Waals surface area contributed by atoms with Crippen LogP contribution in [0.2, 0.25) is 0 Å². The molecule has 0 heterocycles. The minimum Gasteiger partial charge on any atom is -0.807 e. The summed E-state index contributed by atoms with van der Waals surface area (Å²) in [6, 6.07) is 7.23. The standard InChI is InChI=1S/C6H16N2.C6H7O3P/c7-5-3-1-2-4-6-8;7-10(8,9)6-4-2-1-3-5-6/h1-8H2;1-5H,(H2,7,8,9). The normalized spacial score (nSPS) is 10.7. The summed E-state index contributed by atoms with van der Waals surface area (Å²) < 4.78 is 10.3. The van der Waals surface area contributed by atoms with Crippen molar-refractivity contribution < 1.29 is 25.8 Å². The van der Waals surface area contributed by atoms with Gasteiger partial charge in [-0.05, 0) is 38.6 Å². The summed E-state index contributed by atoms with van der Waals surface area (Å²) in [6.07, 6.45) is 5.28. The topological polar surface area (TPSA) is 118 Å². The third-order valence-corrected chi connectivity index (χ3v) is 3.25. The average Bonchev–Trinajstić information content (AvgIpc) is 2.36. The molecule has 1 aromatic rings. The molecule has 0 saturated heterocycles. The molecule has 18 heavy (non-hydrogen) atoms. The molecule has 0 unspecified atom stereocenters. The summed E-state index contributed by atoms with van der Waals surface area (Å²) in [5.74, 6) is 0. The Morgan fingerprint density at radius 3 is 1.61 bits per heavy atom. The van der Waals surface area contributed by atoms with Crippen LogP contribution in [0, 0.1) is 0 Å². The Labute approximate surface area is 108 Å². The Hall–Kier alpha value is -0.710. The van der Waals surface area contributed by atoms with E-state index >= 15 is 0 Å². The van der Waals surface area contributed by atoms with E-state index in [0.717, 1.165) is 13.1 Å². The molecule has 104 valence electrons. The van der Waals surface area contributed by atoms with Crippen molar-refractivity contribution in [1.82, 2.24) is 0 Å². The highest BCUT2D eigenvalue weighted by molar-refractivity contribution is 7.57. The van der Waals surface area contributed by atoms with E-state index in [1.54, 1.807) is 6.07 Å². The molecule has 0 aliphatic heterocycles. The van der Waals surface area contributed by atoms with Crippen LogP contribution in [0.4, 0.5) is 0 Å². The maximum atomic E-state index is 10.3. The number of hydrogen-bond acceptors (Lipinski definition) is 3. The largest absolute Gasteiger partial charge is 0.807 e. The highest BCUT2D eigenvalue weighted by atomic mass is 31.2. The molecule has 6 heteroatoms. The fraction of sp³-hybridized carbons (Fsp3) is 0.500. The van der Waals surface area contributed by atoms with Crippen LogP contribution < -0.4 is 26.6 Å². The van der Waals surface area contributed by atoms with Crippen LogP contribution in [0.1, 0.15) is 25.7 Å². The zero-order valence-electron chi connectivity index (χ0n) is 10.7. The van der Waals surface area contributed by atoms with Crippen molar-refractivity contribution in [2.45, 2.75) is 25.7 Å². The van der Waals surface area contributed by atoms with Gasteiger partial charge in [0.1, 0.15) is 0 Å². The molecule has 0 fully saturated rings. The van der Waals surface area contributed by atoms with Crippen LogP contribution in [0.25, 0.3) is 0 Å². The minimum atomic E-state index is -4.52. The summed E-state index contributed by atoms with van der Waals surface area (Å²) in [4.78, 5) is 20.6. The molecule has 5 nitrogen and oxygen atoms in total. The first-order valence-electron chi connectivity index (χ1n) is 6.18. The lowest BCUT2D eigenvalue weighted by Gasteiger charge is -2.29. The lowest BCUT2D eigenvalue weighted by atomic mass is 10.2. The molecule has 1 aromatic carbocycles. The molecule has 0 saturated carbocycles. The second kappa shape index (κ2) is 10.2. The number of quaternary nitrogens is 2. The fourth-order valence-electron chi connectivity index (χ4n) is 1.32. The lowest BCUT2D eigenvalue weighted by molar-refractivity contribution is -0.371. The van der Waals surface area contributed by atoms with Gasteiger partial charge in [0, 0.05) is 0 Å². The van der Waals surface area contributed by atoms with Crippen LogP contribution in [0.5, 0.6) is 0 Å². The van der Waals surface area contributed by atoms with Crippen molar-refractivity contribution in [3.8, 4) is 0 Å². The molecule has 0 atom stereocenters. The van der Waals surface area contributed by atoms with E-state index in [-0.39, 0.29) is 5.30 Å². The average molecular weight is 274 g/mol. The SMILES string of the molecule is O=P([O-])([O-])c1ccccc1.[NH3+]CCCCCC[NH3+]. The van der Waals surface area contributed by atoms with Gasteiger partial charge < -0.3 is 25.8 Å². The van der Waals surface area contributed by atoms with E-state index in [1.807, 2.05) is 0 Å². The van der Waals surface area contributed by atoms with Crippen molar-refractivity contribution in [1.29, 1.82) is 0 Å². The molecule has 6 N–H and O–H groups in total. The Morgan fingerprint density at radius 1 is 0.889 bits per heavy atom. The molecule has 0 amide bonds. The maximum Gasteiger partial charge on any atom is 0.0739 e. The summed E-state index contributed by atoms with van der Waals surface area (Å²) in [5.41, 5.74) is 7.54. The maximum absolute atomic E-state index is 10.3. The van der Waals surface area contributed by atoms with Crippen LogP contribution in [0.15, 0.2) is 30.3 Å². The number of unbranched alkanes of at least 4 members (excludes halogenated alkanes) is 3. The molecular formula is C12H23N2O3P. The van der Waals surface area contributed by atoms with Crippen molar-refractivity contribution in [2.24, 2.45) is 0 Å². The predicted octanol–water partition coefficient (Wildman–Crippen LogP) is -1.74. The number of rotatable bonds is 6. The zero-order valence-corrected chi connectivity index (χ0v) is 11.6. The van der Waals surface area contributed by atoms with Gasteiger partial charge in [-0.15, -0.1) is 0 Å². The van der Waals surface area contributed by atoms with E-state index in [0.29, 0.717) is 0 Å². The molecule has 0 aliphatic rings. The number of hydrogen-bond donors (Lipinski definition) is 2. The van der Waals surface area contributed by atoms with Crippen LogP contribution in [-0.2, 0) is 4.57 Å². The van der Waals surface area contributed by atoms with Crippen LogP contribution in [-0.4, -0.2) is 13.1 Å². The van der Waals surface area contributed by atoms with E-state index in [2.05, 4.69) is 11.5 Å². The van der Waals surface area contributed by atoms with E-state index in [1.165, 1.54) is 49.9 Å². The first-order valence-corrected chi connectivity index (χ1v) is 7.72. The van der Waals surface area contributed by atoms with Gasteiger partial charge >= 0.3 is 0 Å². The van der Waals surface area contributed by atoms with Gasteiger partial charge in [-0.1, -0.05) is 30.3 Å². The van der Waals surface area contributed by atoms with E-state index in [9.17, 15) is 14.4 Å². The van der Waals surface area contributed by atoms with Gasteiger partial charge in [0.25, 0.3) is 0 Å². The fourth-order valence-corrected chi connectivity index (χ4v) is 1.85. The quantitative estimate of drug-likeness (QED) is 0.473. The van der Waals surface area contributed by atoms with Gasteiger partial charge in [0.15, 0.2) is 0 Å². The molecule has 0 bridgehead atoms. The van der Waals surface area contributed by atoms with Crippen molar-refractivity contribution >= 4 is 12.9 Å². The Balaban J connectivity index is 0.000000331. The van der Waals surface area contributed by atoms with Gasteiger partial charge in [0.05, 0.1) is 13.1 Å². The molecule has 0 spiro atoms. The summed E-state index contributed by atoms with van der Waals surface area (Å²) in [7, 11) is -4.52. The van der Waals surface area contributed by atoms with E-state index in [4.69, 9.17) is 0 Å². The third kappa shape index (κ3) is 9.33. The highest BCUT2D eigenvalue weighted by Crippen LogP contribution is 2.20. The first kappa shape index (κ1) is 17.3. The van der Waals surface area contributed by atoms with Gasteiger partial charge in [0.2, 0.25) is 0 Å². The third-order valence-electron chi connectivity index (χ3n) is 2.32. The molecule has 0 aliphatic carbocycles. The van der Waals surface area contributed by atoms with Crippen LogP contribution in [0.3, 0.4) is 0 Å². The van der Waals surface area contributed by atoms with Crippen molar-refractivity contribution in [3.05, 3.63) is 30.3 Å². The molecule has 0 aromatic heterocycles. The Kier molecular flexibility index (Phi) is 9.83. The van der Waals surface area contributed by atoms with Crippen LogP contribution >= 0.6 is 7.60 Å². The van der Waals surface area contributed by atoms with Crippen molar-refractivity contribution in [2.75, 3.05) is 13.1 Å². The molecule has 0 radical (unpaired) electrons. The highest BCUT2D eigenvalue weighted by Gasteiger charge is 1.92. The summed E-state index contributed by atoms with van der Waals surface area (Å²) in [5, 5.41) is -0.157. The van der Waals surface area contributed by atoms with Crippen molar-refractivity contribution in [3.63, 3.8) is 0 Å². The number of benzene rings is 1. The molecule has 1 rings (SSSR count). The van der Waals surface area contributed by atoms with Gasteiger partial charge in [-0.2, -0.15) is 0 Å². The minimum absolute atomic E-state index is 0.157. The lowest BCUT2D eigenvalue weighted by Crippen LogP contribution is -2.50. The predicted molar refractivity (Wildman–Crippen MR) is 67.7 cm³/mol. The second-order valence-corrected chi connectivity index (χ2v) is 5.47.